The van der Waals surface area contributed by atoms with Crippen LogP contribution in [0.1, 0.15) is 11.8 Å². The predicted octanol–water partition coefficient (Wildman–Crippen LogP) is 1.06. The molecule has 0 spiro atoms. The van der Waals surface area contributed by atoms with Crippen molar-refractivity contribution in [3.63, 3.8) is 0 Å². The molecule has 0 radical (unpaired) electrons. The van der Waals surface area contributed by atoms with E-state index in [1.807, 2.05) is 30.3 Å². The van der Waals surface area contributed by atoms with Crippen LogP contribution in [0.15, 0.2) is 59.7 Å². The number of aliphatic hydroxyl groups is 2. The highest BCUT2D eigenvalue weighted by Gasteiger charge is 2.47. The molecule has 0 saturated carbocycles. The quantitative estimate of drug-likeness (QED) is 0.338. The van der Waals surface area contributed by atoms with E-state index in [-0.39, 0.29) is 0 Å². The molecule has 5 rings (SSSR count). The standard InChI is InChI=1S/C22H22N6O5/c1-23-21(31)17-15(29)16(30)22(33-17)28-11-25-14-19(24-9-12-5-3-2-4-6-12)26-18(27-20(14)28)13-7-8-32-10-13/h2-8,10-11,15-17,22,29-30H,9H2,1H3,(H,23,31)(H,24,26,27). The zero-order valence-electron chi connectivity index (χ0n) is 17.6. The number of rotatable bonds is 6. The Hall–Kier alpha value is -3.80. The van der Waals surface area contributed by atoms with Gasteiger partial charge in [-0.05, 0) is 11.6 Å². The molecular weight excluding hydrogens is 428 g/mol. The number of anilines is 1. The summed E-state index contributed by atoms with van der Waals surface area (Å²) < 4.78 is 12.4. The summed E-state index contributed by atoms with van der Waals surface area (Å²) >= 11 is 0. The summed E-state index contributed by atoms with van der Waals surface area (Å²) in [6.45, 7) is 0.505. The normalized spacial score (nSPS) is 22.5. The van der Waals surface area contributed by atoms with E-state index in [1.54, 1.807) is 6.07 Å². The molecule has 4 atom stereocenters. The van der Waals surface area contributed by atoms with Crippen molar-refractivity contribution >= 4 is 22.9 Å². The number of carbonyl (C=O) groups excluding carboxylic acids is 1. The first-order chi connectivity index (χ1) is 16.1. The van der Waals surface area contributed by atoms with E-state index in [4.69, 9.17) is 9.15 Å². The number of likely N-dealkylation sites (N-methyl/N-ethyl adjacent to an activating group) is 1. The fraction of sp³-hybridized carbons (Fsp3) is 0.273. The molecule has 11 nitrogen and oxygen atoms in total. The van der Waals surface area contributed by atoms with Crippen molar-refractivity contribution in [1.29, 1.82) is 0 Å². The Morgan fingerprint density at radius 3 is 2.70 bits per heavy atom. The maximum Gasteiger partial charge on any atom is 0.251 e. The highest BCUT2D eigenvalue weighted by Crippen LogP contribution is 2.33. The minimum absolute atomic E-state index is 0.366. The number of fused-ring (bicyclic) bond motifs is 1. The van der Waals surface area contributed by atoms with Gasteiger partial charge in [-0.1, -0.05) is 30.3 Å². The number of hydrogen-bond acceptors (Lipinski definition) is 9. The monoisotopic (exact) mass is 450 g/mol. The minimum atomic E-state index is -1.40. The molecule has 1 aliphatic rings. The highest BCUT2D eigenvalue weighted by atomic mass is 16.6. The first kappa shape index (κ1) is 21.1. The van der Waals surface area contributed by atoms with E-state index in [2.05, 4.69) is 25.6 Å². The largest absolute Gasteiger partial charge is 0.472 e. The molecule has 33 heavy (non-hydrogen) atoms. The third kappa shape index (κ3) is 3.82. The Morgan fingerprint density at radius 2 is 1.97 bits per heavy atom. The van der Waals surface area contributed by atoms with Crippen molar-refractivity contribution in [1.82, 2.24) is 24.8 Å². The van der Waals surface area contributed by atoms with Crippen LogP contribution in [0.2, 0.25) is 0 Å². The Morgan fingerprint density at radius 1 is 1.15 bits per heavy atom. The SMILES string of the molecule is CNC(=O)C1OC(n2cnc3c(NCc4ccccc4)nc(-c4ccoc4)nc32)C(O)C1O. The van der Waals surface area contributed by atoms with E-state index in [1.165, 1.54) is 30.5 Å². The van der Waals surface area contributed by atoms with Crippen molar-refractivity contribution in [2.24, 2.45) is 0 Å². The van der Waals surface area contributed by atoms with Crippen LogP contribution >= 0.6 is 0 Å². The lowest BCUT2D eigenvalue weighted by molar-refractivity contribution is -0.137. The zero-order valence-corrected chi connectivity index (χ0v) is 17.6. The first-order valence-corrected chi connectivity index (χ1v) is 10.3. The molecule has 3 aromatic heterocycles. The number of furan rings is 1. The molecule has 4 heterocycles. The zero-order chi connectivity index (χ0) is 22.9. The van der Waals surface area contributed by atoms with Crippen molar-refractivity contribution in [2.45, 2.75) is 31.1 Å². The Kier molecular flexibility index (Phi) is 5.50. The van der Waals surface area contributed by atoms with Gasteiger partial charge in [0, 0.05) is 13.6 Å². The highest BCUT2D eigenvalue weighted by molar-refractivity contribution is 5.85. The van der Waals surface area contributed by atoms with Crippen LogP contribution in [0.3, 0.4) is 0 Å². The second-order valence-electron chi connectivity index (χ2n) is 7.61. The maximum atomic E-state index is 12.1. The first-order valence-electron chi connectivity index (χ1n) is 10.3. The number of nitrogens with zero attached hydrogens (tertiary/aromatic N) is 4. The molecule has 4 N–H and O–H groups in total. The summed E-state index contributed by atoms with van der Waals surface area (Å²) in [6, 6.07) is 11.6. The van der Waals surface area contributed by atoms with Crippen LogP contribution < -0.4 is 10.6 Å². The molecule has 1 aliphatic heterocycles. The summed E-state index contributed by atoms with van der Waals surface area (Å²) in [5.41, 5.74) is 2.53. The topological polar surface area (TPSA) is 148 Å². The van der Waals surface area contributed by atoms with Gasteiger partial charge in [0.15, 0.2) is 35.1 Å². The Bertz CT molecular complexity index is 1260. The molecule has 4 aromatic rings. The molecular formula is C22H22N6O5. The smallest absolute Gasteiger partial charge is 0.251 e. The molecule has 1 aromatic carbocycles. The summed E-state index contributed by atoms with van der Waals surface area (Å²) in [6.07, 6.45) is -0.574. The Balaban J connectivity index is 1.56. The van der Waals surface area contributed by atoms with E-state index in [0.717, 1.165) is 5.56 Å². The van der Waals surface area contributed by atoms with Crippen molar-refractivity contribution < 1.29 is 24.2 Å². The molecule has 170 valence electrons. The van der Waals surface area contributed by atoms with Crippen LogP contribution in [-0.2, 0) is 16.1 Å². The van der Waals surface area contributed by atoms with Gasteiger partial charge in [-0.2, -0.15) is 0 Å². The lowest BCUT2D eigenvalue weighted by Crippen LogP contribution is -2.41. The molecule has 1 saturated heterocycles. The molecule has 11 heteroatoms. The summed E-state index contributed by atoms with van der Waals surface area (Å²) in [7, 11) is 1.43. The third-order valence-corrected chi connectivity index (χ3v) is 5.52. The fourth-order valence-electron chi connectivity index (χ4n) is 3.78. The van der Waals surface area contributed by atoms with Gasteiger partial charge < -0.3 is 30.0 Å². The van der Waals surface area contributed by atoms with E-state index in [0.29, 0.717) is 34.9 Å². The summed E-state index contributed by atoms with van der Waals surface area (Å²) in [5, 5.41) is 26.7. The van der Waals surface area contributed by atoms with E-state index < -0.39 is 30.4 Å². The van der Waals surface area contributed by atoms with Crippen LogP contribution in [0.5, 0.6) is 0 Å². The molecule has 0 aliphatic carbocycles. The van der Waals surface area contributed by atoms with E-state index in [9.17, 15) is 15.0 Å². The number of hydrogen-bond donors (Lipinski definition) is 4. The van der Waals surface area contributed by atoms with Gasteiger partial charge in [-0.15, -0.1) is 0 Å². The Labute approximate surface area is 188 Å². The van der Waals surface area contributed by atoms with Crippen molar-refractivity contribution in [3.8, 4) is 11.4 Å². The number of imidazole rings is 1. The van der Waals surface area contributed by atoms with Crippen LogP contribution in [0, 0.1) is 0 Å². The van der Waals surface area contributed by atoms with Crippen LogP contribution in [-0.4, -0.2) is 61.0 Å². The van der Waals surface area contributed by atoms with Gasteiger partial charge in [-0.3, -0.25) is 9.36 Å². The van der Waals surface area contributed by atoms with Gasteiger partial charge >= 0.3 is 0 Å². The minimum Gasteiger partial charge on any atom is -0.472 e. The molecule has 4 unspecified atom stereocenters. The average molecular weight is 450 g/mol. The lowest BCUT2D eigenvalue weighted by atomic mass is 10.1. The number of carbonyl (C=O) groups is 1. The second kappa shape index (κ2) is 8.62. The van der Waals surface area contributed by atoms with Crippen molar-refractivity contribution in [3.05, 3.63) is 60.8 Å². The van der Waals surface area contributed by atoms with Gasteiger partial charge in [0.25, 0.3) is 5.91 Å². The van der Waals surface area contributed by atoms with Crippen LogP contribution in [0.25, 0.3) is 22.6 Å². The van der Waals surface area contributed by atoms with Crippen LogP contribution in [0.4, 0.5) is 5.82 Å². The number of aliphatic hydroxyl groups excluding tert-OH is 2. The second-order valence-corrected chi connectivity index (χ2v) is 7.61. The predicted molar refractivity (Wildman–Crippen MR) is 117 cm³/mol. The fourth-order valence-corrected chi connectivity index (χ4v) is 3.78. The number of ether oxygens (including phenoxy) is 1. The number of amides is 1. The molecule has 0 bridgehead atoms. The molecule has 1 fully saturated rings. The summed E-state index contributed by atoms with van der Waals surface area (Å²) in [5.74, 6) is 0.325. The number of benzene rings is 1. The van der Waals surface area contributed by atoms with Gasteiger partial charge in [0.2, 0.25) is 0 Å². The molecule has 1 amide bonds. The van der Waals surface area contributed by atoms with Gasteiger partial charge in [0.1, 0.15) is 18.5 Å². The number of nitrogens with one attached hydrogen (secondary N) is 2. The van der Waals surface area contributed by atoms with Gasteiger partial charge in [0.05, 0.1) is 18.2 Å². The van der Waals surface area contributed by atoms with Crippen molar-refractivity contribution in [2.75, 3.05) is 12.4 Å². The lowest BCUT2D eigenvalue weighted by Gasteiger charge is -2.17. The average Bonchev–Trinajstić information content (AvgIpc) is 3.58. The summed E-state index contributed by atoms with van der Waals surface area (Å²) in [4.78, 5) is 25.7. The third-order valence-electron chi connectivity index (χ3n) is 5.52. The van der Waals surface area contributed by atoms with Gasteiger partial charge in [-0.25, -0.2) is 15.0 Å². The van der Waals surface area contributed by atoms with E-state index >= 15 is 0 Å². The maximum absolute atomic E-state index is 12.1. The number of aromatic nitrogens is 4.